The van der Waals surface area contributed by atoms with Crippen LogP contribution in [0.2, 0.25) is 5.02 Å². The number of benzene rings is 3. The Balaban J connectivity index is 2.04. The maximum absolute atomic E-state index is 14.0. The SMILES string of the molecule is CC[C@H](C)NC(=O)[C@H](C)N(Cc1ccccc1)C(=O)CN(c1ccc(Cl)cc1C)S(=O)(=O)c1ccc(C)cc1. The summed E-state index contributed by atoms with van der Waals surface area (Å²) < 4.78 is 29.0. The van der Waals surface area contributed by atoms with Crippen molar-refractivity contribution in [2.24, 2.45) is 0 Å². The zero-order chi connectivity index (χ0) is 28.7. The highest BCUT2D eigenvalue weighted by atomic mass is 35.5. The Kier molecular flexibility index (Phi) is 10.2. The minimum atomic E-state index is -4.13. The van der Waals surface area contributed by atoms with Gasteiger partial charge >= 0.3 is 0 Å². The Hall–Kier alpha value is -3.36. The van der Waals surface area contributed by atoms with Crippen molar-refractivity contribution >= 4 is 39.1 Å². The summed E-state index contributed by atoms with van der Waals surface area (Å²) in [7, 11) is -4.13. The molecule has 0 aliphatic heterocycles. The number of amides is 2. The van der Waals surface area contributed by atoms with Crippen molar-refractivity contribution in [2.45, 2.75) is 64.6 Å². The Morgan fingerprint density at radius 2 is 1.59 bits per heavy atom. The standard InChI is InChI=1S/C30H36ClN3O4S/c1-6-23(4)32-30(36)24(5)33(19-25-10-8-7-9-11-25)29(35)20-34(28-17-14-26(31)18-22(28)3)39(37,38)27-15-12-21(2)13-16-27/h7-18,23-24H,6,19-20H2,1-5H3,(H,32,36)/t23-,24-/m0/s1. The summed E-state index contributed by atoms with van der Waals surface area (Å²) in [5.74, 6) is -0.806. The van der Waals surface area contributed by atoms with Crippen LogP contribution in [0.3, 0.4) is 0 Å². The van der Waals surface area contributed by atoms with Gasteiger partial charge in [-0.1, -0.05) is 66.6 Å². The van der Waals surface area contributed by atoms with Crippen LogP contribution in [0.1, 0.15) is 43.9 Å². The molecule has 0 saturated carbocycles. The van der Waals surface area contributed by atoms with Crippen LogP contribution < -0.4 is 9.62 Å². The number of halogens is 1. The molecule has 9 heteroatoms. The maximum atomic E-state index is 14.0. The third-order valence-corrected chi connectivity index (χ3v) is 8.69. The third kappa shape index (κ3) is 7.61. The van der Waals surface area contributed by atoms with Crippen molar-refractivity contribution in [1.29, 1.82) is 0 Å². The molecule has 0 spiro atoms. The quantitative estimate of drug-likeness (QED) is 0.331. The molecule has 0 radical (unpaired) electrons. The molecular formula is C30H36ClN3O4S. The second kappa shape index (κ2) is 13.1. The van der Waals surface area contributed by atoms with E-state index < -0.39 is 28.5 Å². The predicted molar refractivity (Wildman–Crippen MR) is 156 cm³/mol. The first kappa shape index (κ1) is 30.2. The largest absolute Gasteiger partial charge is 0.352 e. The Morgan fingerprint density at radius 1 is 0.949 bits per heavy atom. The van der Waals surface area contributed by atoms with Gasteiger partial charge in [0.05, 0.1) is 10.6 Å². The molecule has 2 atom stereocenters. The lowest BCUT2D eigenvalue weighted by Crippen LogP contribution is -2.52. The average molecular weight is 570 g/mol. The fourth-order valence-electron chi connectivity index (χ4n) is 4.08. The summed E-state index contributed by atoms with van der Waals surface area (Å²) in [6, 6.07) is 19.7. The van der Waals surface area contributed by atoms with E-state index in [0.29, 0.717) is 16.3 Å². The number of carbonyl (C=O) groups is 2. The molecule has 0 aliphatic carbocycles. The first-order chi connectivity index (χ1) is 18.4. The molecule has 0 aromatic heterocycles. The van der Waals surface area contributed by atoms with E-state index in [4.69, 9.17) is 11.6 Å². The van der Waals surface area contributed by atoms with Crippen LogP contribution in [0.4, 0.5) is 5.69 Å². The average Bonchev–Trinajstić information content (AvgIpc) is 2.91. The van der Waals surface area contributed by atoms with Crippen LogP contribution in [0, 0.1) is 13.8 Å². The zero-order valence-corrected chi connectivity index (χ0v) is 24.6. The van der Waals surface area contributed by atoms with Gasteiger partial charge in [0.1, 0.15) is 12.6 Å². The normalized spacial score (nSPS) is 12.9. The lowest BCUT2D eigenvalue weighted by molar-refractivity contribution is -0.139. The van der Waals surface area contributed by atoms with Crippen LogP contribution in [-0.4, -0.2) is 43.8 Å². The van der Waals surface area contributed by atoms with Crippen LogP contribution >= 0.6 is 11.6 Å². The number of hydrogen-bond donors (Lipinski definition) is 1. The Bertz CT molecular complexity index is 1400. The molecule has 7 nitrogen and oxygen atoms in total. The molecule has 0 bridgehead atoms. The minimum absolute atomic E-state index is 0.0624. The van der Waals surface area contributed by atoms with E-state index in [9.17, 15) is 18.0 Å². The summed E-state index contributed by atoms with van der Waals surface area (Å²) in [5.41, 5.74) is 2.67. The third-order valence-electron chi connectivity index (χ3n) is 6.68. The highest BCUT2D eigenvalue weighted by molar-refractivity contribution is 7.92. The molecule has 3 aromatic rings. The molecular weight excluding hydrogens is 534 g/mol. The van der Waals surface area contributed by atoms with Crippen LogP contribution in [0.25, 0.3) is 0 Å². The van der Waals surface area contributed by atoms with Crippen molar-refractivity contribution < 1.29 is 18.0 Å². The molecule has 0 unspecified atom stereocenters. The molecule has 39 heavy (non-hydrogen) atoms. The number of aryl methyl sites for hydroxylation is 2. The molecule has 0 saturated heterocycles. The van der Waals surface area contributed by atoms with Crippen molar-refractivity contribution in [1.82, 2.24) is 10.2 Å². The van der Waals surface area contributed by atoms with Gasteiger partial charge in [0, 0.05) is 17.6 Å². The number of carbonyl (C=O) groups excluding carboxylic acids is 2. The highest BCUT2D eigenvalue weighted by Gasteiger charge is 2.33. The van der Waals surface area contributed by atoms with Crippen molar-refractivity contribution in [2.75, 3.05) is 10.8 Å². The molecule has 0 heterocycles. The van der Waals surface area contributed by atoms with Gasteiger partial charge in [-0.25, -0.2) is 8.42 Å². The van der Waals surface area contributed by atoms with E-state index in [1.165, 1.54) is 17.0 Å². The smallest absolute Gasteiger partial charge is 0.264 e. The number of sulfonamides is 1. The topological polar surface area (TPSA) is 86.8 Å². The van der Waals surface area contributed by atoms with E-state index in [2.05, 4.69) is 5.32 Å². The van der Waals surface area contributed by atoms with Crippen LogP contribution in [0.15, 0.2) is 77.7 Å². The summed E-state index contributed by atoms with van der Waals surface area (Å²) in [4.78, 5) is 28.5. The summed E-state index contributed by atoms with van der Waals surface area (Å²) in [5, 5.41) is 3.39. The monoisotopic (exact) mass is 569 g/mol. The lowest BCUT2D eigenvalue weighted by Gasteiger charge is -2.33. The number of anilines is 1. The van der Waals surface area contributed by atoms with Gasteiger partial charge in [0.2, 0.25) is 11.8 Å². The summed E-state index contributed by atoms with van der Waals surface area (Å²) in [6.45, 7) is 8.78. The van der Waals surface area contributed by atoms with Crippen molar-refractivity contribution in [3.63, 3.8) is 0 Å². The van der Waals surface area contributed by atoms with Gasteiger partial charge in [-0.2, -0.15) is 0 Å². The summed E-state index contributed by atoms with van der Waals surface area (Å²) >= 11 is 6.16. The van der Waals surface area contributed by atoms with Gasteiger partial charge in [0.25, 0.3) is 10.0 Å². The van der Waals surface area contributed by atoms with E-state index in [1.54, 1.807) is 44.2 Å². The van der Waals surface area contributed by atoms with Gasteiger partial charge < -0.3 is 10.2 Å². The van der Waals surface area contributed by atoms with Gasteiger partial charge in [-0.05, 0) is 75.6 Å². The Labute approximate surface area is 236 Å². The van der Waals surface area contributed by atoms with Gasteiger partial charge in [-0.15, -0.1) is 0 Å². The number of rotatable bonds is 11. The highest BCUT2D eigenvalue weighted by Crippen LogP contribution is 2.29. The van der Waals surface area contributed by atoms with Gasteiger partial charge in [0.15, 0.2) is 0 Å². The number of hydrogen-bond acceptors (Lipinski definition) is 4. The van der Waals surface area contributed by atoms with E-state index in [-0.39, 0.29) is 23.4 Å². The van der Waals surface area contributed by atoms with Crippen molar-refractivity contribution in [3.05, 3.63) is 94.5 Å². The number of nitrogens with one attached hydrogen (secondary N) is 1. The van der Waals surface area contributed by atoms with Gasteiger partial charge in [-0.3, -0.25) is 13.9 Å². The van der Waals surface area contributed by atoms with Crippen LogP contribution in [-0.2, 0) is 26.2 Å². The number of nitrogens with zero attached hydrogens (tertiary/aromatic N) is 2. The second-order valence-electron chi connectivity index (χ2n) is 9.76. The fourth-order valence-corrected chi connectivity index (χ4v) is 5.78. The first-order valence-electron chi connectivity index (χ1n) is 12.9. The maximum Gasteiger partial charge on any atom is 0.264 e. The molecule has 208 valence electrons. The van der Waals surface area contributed by atoms with E-state index >= 15 is 0 Å². The van der Waals surface area contributed by atoms with Crippen LogP contribution in [0.5, 0.6) is 0 Å². The molecule has 1 N–H and O–H groups in total. The molecule has 3 rings (SSSR count). The molecule has 0 fully saturated rings. The predicted octanol–water partition coefficient (Wildman–Crippen LogP) is 5.48. The van der Waals surface area contributed by atoms with E-state index in [1.807, 2.05) is 51.1 Å². The molecule has 3 aromatic carbocycles. The first-order valence-corrected chi connectivity index (χ1v) is 14.7. The fraction of sp³-hybridized carbons (Fsp3) is 0.333. The second-order valence-corrected chi connectivity index (χ2v) is 12.1. The van der Waals surface area contributed by atoms with Crippen molar-refractivity contribution in [3.8, 4) is 0 Å². The van der Waals surface area contributed by atoms with E-state index in [0.717, 1.165) is 21.9 Å². The Morgan fingerprint density at radius 3 is 2.18 bits per heavy atom. The summed E-state index contributed by atoms with van der Waals surface area (Å²) in [6.07, 6.45) is 0.740. The minimum Gasteiger partial charge on any atom is -0.352 e. The molecule has 0 aliphatic rings. The lowest BCUT2D eigenvalue weighted by atomic mass is 10.1. The zero-order valence-electron chi connectivity index (χ0n) is 23.0. The molecule has 2 amide bonds.